The summed E-state index contributed by atoms with van der Waals surface area (Å²) >= 11 is 0. The van der Waals surface area contributed by atoms with Crippen molar-refractivity contribution in [2.24, 2.45) is 0 Å². The number of aliphatic hydroxyl groups is 1. The van der Waals surface area contributed by atoms with Crippen molar-refractivity contribution in [3.05, 3.63) is 70.8 Å². The molecule has 0 bridgehead atoms. The molecule has 0 heterocycles. The summed E-state index contributed by atoms with van der Waals surface area (Å²) in [6.45, 7) is 3.98. The Morgan fingerprint density at radius 1 is 0.810 bits per heavy atom. The van der Waals surface area contributed by atoms with Gasteiger partial charge in [-0.2, -0.15) is 10.5 Å². The highest BCUT2D eigenvalue weighted by Gasteiger charge is 2.13. The third-order valence-corrected chi connectivity index (χ3v) is 3.07. The molecule has 0 radical (unpaired) electrons. The number of aliphatic hydroxyl groups excluding tert-OH is 1. The Bertz CT molecular complexity index is 573. The van der Waals surface area contributed by atoms with Gasteiger partial charge in [0, 0.05) is 5.92 Å². The molecule has 3 heteroatoms. The topological polar surface area (TPSA) is 67.8 Å². The van der Waals surface area contributed by atoms with Crippen molar-refractivity contribution in [3.8, 4) is 12.1 Å². The largest absolute Gasteiger partial charge is 0.395 e. The Morgan fingerprint density at radius 3 is 1.38 bits per heavy atom. The second-order valence-corrected chi connectivity index (χ2v) is 4.20. The Balaban J connectivity index is 0.00000106. The van der Waals surface area contributed by atoms with Gasteiger partial charge in [0.15, 0.2) is 0 Å². The van der Waals surface area contributed by atoms with Crippen LogP contribution in [0.4, 0.5) is 0 Å². The van der Waals surface area contributed by atoms with Gasteiger partial charge in [-0.25, -0.2) is 0 Å². The summed E-state index contributed by atoms with van der Waals surface area (Å²) in [6, 6.07) is 18.5. The van der Waals surface area contributed by atoms with E-state index in [1.807, 2.05) is 38.1 Å². The molecular formula is C18H18N2O. The molecule has 1 N–H and O–H groups in total. The van der Waals surface area contributed by atoms with E-state index in [0.717, 1.165) is 11.1 Å². The summed E-state index contributed by atoms with van der Waals surface area (Å²) in [5, 5.41) is 27.1. The molecule has 0 amide bonds. The highest BCUT2D eigenvalue weighted by atomic mass is 16.3. The molecule has 0 spiro atoms. The molecular weight excluding hydrogens is 260 g/mol. The Kier molecular flexibility index (Phi) is 6.68. The van der Waals surface area contributed by atoms with Crippen LogP contribution in [0.25, 0.3) is 0 Å². The van der Waals surface area contributed by atoms with E-state index in [1.165, 1.54) is 0 Å². The standard InChI is InChI=1S/C16H12N2O.C2H6/c17-9-12-1-5-14(6-2-12)16(11-19)15-7-3-13(10-18)4-8-15;1-2/h1-8,16,19H,11H2;1-2H3. The van der Waals surface area contributed by atoms with Crippen LogP contribution in [0.15, 0.2) is 48.5 Å². The van der Waals surface area contributed by atoms with Crippen LogP contribution in [-0.2, 0) is 0 Å². The average Bonchev–Trinajstić information content (AvgIpc) is 2.58. The summed E-state index contributed by atoms with van der Waals surface area (Å²) in [5.74, 6) is -0.138. The molecule has 0 aliphatic carbocycles. The Morgan fingerprint density at radius 2 is 1.14 bits per heavy atom. The number of hydrogen-bond donors (Lipinski definition) is 1. The maximum Gasteiger partial charge on any atom is 0.0991 e. The molecule has 21 heavy (non-hydrogen) atoms. The third-order valence-electron chi connectivity index (χ3n) is 3.07. The SMILES string of the molecule is CC.N#Cc1ccc(C(CO)c2ccc(C#N)cc2)cc1. The van der Waals surface area contributed by atoms with E-state index in [-0.39, 0.29) is 12.5 Å². The molecule has 2 rings (SSSR count). The first-order chi connectivity index (χ1) is 10.3. The number of nitriles is 2. The highest BCUT2D eigenvalue weighted by molar-refractivity contribution is 5.40. The van der Waals surface area contributed by atoms with Gasteiger partial charge in [-0.1, -0.05) is 38.1 Å². The zero-order valence-corrected chi connectivity index (χ0v) is 12.2. The van der Waals surface area contributed by atoms with Crippen molar-refractivity contribution in [1.82, 2.24) is 0 Å². The lowest BCUT2D eigenvalue weighted by molar-refractivity contribution is 0.280. The first kappa shape index (κ1) is 16.4. The van der Waals surface area contributed by atoms with Gasteiger partial charge in [0.05, 0.1) is 29.9 Å². The van der Waals surface area contributed by atoms with Crippen molar-refractivity contribution in [3.63, 3.8) is 0 Å². The molecule has 106 valence electrons. The lowest BCUT2D eigenvalue weighted by Crippen LogP contribution is -2.06. The van der Waals surface area contributed by atoms with E-state index in [4.69, 9.17) is 10.5 Å². The summed E-state index contributed by atoms with van der Waals surface area (Å²) in [6.07, 6.45) is 0. The van der Waals surface area contributed by atoms with E-state index in [2.05, 4.69) is 12.1 Å². The number of benzene rings is 2. The van der Waals surface area contributed by atoms with Gasteiger partial charge in [0.2, 0.25) is 0 Å². The van der Waals surface area contributed by atoms with E-state index in [9.17, 15) is 5.11 Å². The average molecular weight is 278 g/mol. The first-order valence-corrected chi connectivity index (χ1v) is 6.89. The van der Waals surface area contributed by atoms with Gasteiger partial charge in [-0.05, 0) is 35.4 Å². The fraction of sp³-hybridized carbons (Fsp3) is 0.222. The monoisotopic (exact) mass is 278 g/mol. The Hall–Kier alpha value is -2.62. The van der Waals surface area contributed by atoms with Gasteiger partial charge >= 0.3 is 0 Å². The van der Waals surface area contributed by atoms with Crippen LogP contribution in [0, 0.1) is 22.7 Å². The predicted molar refractivity (Wildman–Crippen MR) is 82.6 cm³/mol. The number of hydrogen-bond acceptors (Lipinski definition) is 3. The van der Waals surface area contributed by atoms with E-state index >= 15 is 0 Å². The molecule has 0 fully saturated rings. The summed E-state index contributed by atoms with van der Waals surface area (Å²) in [4.78, 5) is 0. The number of nitrogens with zero attached hydrogens (tertiary/aromatic N) is 2. The van der Waals surface area contributed by atoms with Crippen LogP contribution in [0.3, 0.4) is 0 Å². The molecule has 2 aromatic carbocycles. The predicted octanol–water partition coefficient (Wildman–Crippen LogP) is 3.58. The van der Waals surface area contributed by atoms with Gasteiger partial charge in [-0.3, -0.25) is 0 Å². The second kappa shape index (κ2) is 8.53. The molecule has 2 aromatic rings. The van der Waals surface area contributed by atoms with Crippen molar-refractivity contribution in [1.29, 1.82) is 10.5 Å². The molecule has 0 atom stereocenters. The van der Waals surface area contributed by atoms with Gasteiger partial charge in [-0.15, -0.1) is 0 Å². The zero-order valence-electron chi connectivity index (χ0n) is 12.2. The van der Waals surface area contributed by atoms with Crippen LogP contribution in [0.2, 0.25) is 0 Å². The molecule has 0 aromatic heterocycles. The van der Waals surface area contributed by atoms with Crippen molar-refractivity contribution < 1.29 is 5.11 Å². The van der Waals surface area contributed by atoms with Crippen molar-refractivity contribution in [2.45, 2.75) is 19.8 Å². The highest BCUT2D eigenvalue weighted by Crippen LogP contribution is 2.24. The van der Waals surface area contributed by atoms with Crippen LogP contribution in [0.5, 0.6) is 0 Å². The summed E-state index contributed by atoms with van der Waals surface area (Å²) < 4.78 is 0. The number of rotatable bonds is 3. The Labute approximate surface area is 125 Å². The van der Waals surface area contributed by atoms with Crippen LogP contribution in [-0.4, -0.2) is 11.7 Å². The zero-order chi connectivity index (χ0) is 15.7. The van der Waals surface area contributed by atoms with Crippen LogP contribution < -0.4 is 0 Å². The maximum absolute atomic E-state index is 9.56. The minimum atomic E-state index is -0.138. The fourth-order valence-corrected chi connectivity index (χ4v) is 1.98. The van der Waals surface area contributed by atoms with E-state index in [1.54, 1.807) is 24.3 Å². The molecule has 3 nitrogen and oxygen atoms in total. The molecule has 0 unspecified atom stereocenters. The van der Waals surface area contributed by atoms with E-state index < -0.39 is 0 Å². The van der Waals surface area contributed by atoms with Crippen LogP contribution >= 0.6 is 0 Å². The quantitative estimate of drug-likeness (QED) is 0.933. The van der Waals surface area contributed by atoms with Gasteiger partial charge in [0.25, 0.3) is 0 Å². The second-order valence-electron chi connectivity index (χ2n) is 4.20. The molecule has 0 aliphatic rings. The first-order valence-electron chi connectivity index (χ1n) is 6.89. The maximum atomic E-state index is 9.56. The summed E-state index contributed by atoms with van der Waals surface area (Å²) in [5.41, 5.74) is 3.10. The van der Waals surface area contributed by atoms with Crippen molar-refractivity contribution >= 4 is 0 Å². The van der Waals surface area contributed by atoms with Crippen molar-refractivity contribution in [2.75, 3.05) is 6.61 Å². The third kappa shape index (κ3) is 4.18. The molecule has 0 saturated heterocycles. The minimum Gasteiger partial charge on any atom is -0.395 e. The molecule has 0 saturated carbocycles. The van der Waals surface area contributed by atoms with Gasteiger partial charge < -0.3 is 5.11 Å². The normalized spacial score (nSPS) is 9.24. The smallest absolute Gasteiger partial charge is 0.0991 e. The summed E-state index contributed by atoms with van der Waals surface area (Å²) in [7, 11) is 0. The van der Waals surface area contributed by atoms with E-state index in [0.29, 0.717) is 11.1 Å². The molecule has 0 aliphatic heterocycles. The van der Waals surface area contributed by atoms with Gasteiger partial charge in [0.1, 0.15) is 0 Å². The van der Waals surface area contributed by atoms with Crippen LogP contribution in [0.1, 0.15) is 42.0 Å². The lowest BCUT2D eigenvalue weighted by atomic mass is 9.91. The fourth-order valence-electron chi connectivity index (χ4n) is 1.98. The lowest BCUT2D eigenvalue weighted by Gasteiger charge is -2.15. The minimum absolute atomic E-state index is 0.0161.